The molecule has 0 radical (unpaired) electrons. The van der Waals surface area contributed by atoms with Gasteiger partial charge in [-0.2, -0.15) is 13.2 Å². The second-order valence-electron chi connectivity index (χ2n) is 5.65. The maximum absolute atomic E-state index is 13.7. The molecule has 144 valence electrons. The highest BCUT2D eigenvalue weighted by Gasteiger charge is 2.33. The van der Waals surface area contributed by atoms with E-state index in [2.05, 4.69) is 15.6 Å². The molecule has 0 unspecified atom stereocenters. The molecule has 9 heteroatoms. The number of pyridine rings is 1. The predicted octanol–water partition coefficient (Wildman–Crippen LogP) is 5.37. The molecule has 1 amide bonds. The highest BCUT2D eigenvalue weighted by molar-refractivity contribution is 6.04. The second kappa shape index (κ2) is 7.63. The van der Waals surface area contributed by atoms with E-state index in [-0.39, 0.29) is 17.1 Å². The van der Waals surface area contributed by atoms with Crippen molar-refractivity contribution < 1.29 is 26.7 Å². The summed E-state index contributed by atoms with van der Waals surface area (Å²) in [6.45, 7) is 0. The Morgan fingerprint density at radius 1 is 0.929 bits per heavy atom. The molecule has 1 aromatic heterocycles. The van der Waals surface area contributed by atoms with Crippen molar-refractivity contribution >= 4 is 23.1 Å². The molecule has 0 bridgehead atoms. The number of hydrogen-bond donors (Lipinski definition) is 2. The number of carbonyl (C=O) groups excluding carboxylic acids is 1. The largest absolute Gasteiger partial charge is 0.418 e. The van der Waals surface area contributed by atoms with Crippen LogP contribution in [-0.2, 0) is 6.18 Å². The fraction of sp³-hybridized carbons (Fsp3) is 0.0526. The monoisotopic (exact) mass is 393 g/mol. The van der Waals surface area contributed by atoms with Gasteiger partial charge in [-0.15, -0.1) is 0 Å². The number of hydrogen-bond acceptors (Lipinski definition) is 3. The molecule has 1 heterocycles. The summed E-state index contributed by atoms with van der Waals surface area (Å²) in [6.07, 6.45) is -3.40. The zero-order valence-corrected chi connectivity index (χ0v) is 14.0. The molecule has 0 spiro atoms. The minimum atomic E-state index is -4.58. The Morgan fingerprint density at radius 2 is 1.61 bits per heavy atom. The van der Waals surface area contributed by atoms with Crippen LogP contribution in [0.5, 0.6) is 0 Å². The van der Waals surface area contributed by atoms with Crippen LogP contribution in [0, 0.1) is 11.6 Å². The Labute approximate surface area is 156 Å². The van der Waals surface area contributed by atoms with E-state index >= 15 is 0 Å². The molecule has 0 saturated carbocycles. The Balaban J connectivity index is 1.85. The van der Waals surface area contributed by atoms with Crippen LogP contribution >= 0.6 is 0 Å². The van der Waals surface area contributed by atoms with Crippen LogP contribution in [0.15, 0.2) is 60.8 Å². The van der Waals surface area contributed by atoms with Gasteiger partial charge in [-0.25, -0.2) is 13.8 Å². The van der Waals surface area contributed by atoms with E-state index < -0.39 is 35.0 Å². The Bertz CT molecular complexity index is 1000. The van der Waals surface area contributed by atoms with Gasteiger partial charge >= 0.3 is 6.18 Å². The summed E-state index contributed by atoms with van der Waals surface area (Å²) in [4.78, 5) is 16.1. The third-order valence-electron chi connectivity index (χ3n) is 3.72. The van der Waals surface area contributed by atoms with Gasteiger partial charge in [0.2, 0.25) is 0 Å². The Hall–Kier alpha value is -3.49. The lowest BCUT2D eigenvalue weighted by molar-refractivity contribution is -0.136. The second-order valence-corrected chi connectivity index (χ2v) is 5.65. The Morgan fingerprint density at radius 3 is 2.29 bits per heavy atom. The fourth-order valence-corrected chi connectivity index (χ4v) is 2.42. The van der Waals surface area contributed by atoms with Crippen LogP contribution in [-0.4, -0.2) is 10.9 Å². The van der Waals surface area contributed by atoms with Crippen molar-refractivity contribution in [3.05, 3.63) is 83.6 Å². The number of nitrogens with one attached hydrogen (secondary N) is 2. The summed E-state index contributed by atoms with van der Waals surface area (Å²) < 4.78 is 66.6. The number of aromatic nitrogens is 1. The van der Waals surface area contributed by atoms with Crippen molar-refractivity contribution in [1.82, 2.24) is 4.98 Å². The van der Waals surface area contributed by atoms with Gasteiger partial charge in [-0.1, -0.05) is 18.2 Å². The van der Waals surface area contributed by atoms with E-state index in [1.54, 1.807) is 0 Å². The average Bonchev–Trinajstić information content (AvgIpc) is 2.64. The number of amides is 1. The molecule has 0 aliphatic carbocycles. The van der Waals surface area contributed by atoms with E-state index in [1.165, 1.54) is 36.5 Å². The molecule has 2 aromatic carbocycles. The highest BCUT2D eigenvalue weighted by Crippen LogP contribution is 2.35. The van der Waals surface area contributed by atoms with E-state index in [1.807, 2.05) is 0 Å². The smallest absolute Gasteiger partial charge is 0.340 e. The molecule has 2 N–H and O–H groups in total. The molecule has 0 fully saturated rings. The van der Waals surface area contributed by atoms with Gasteiger partial charge in [0.15, 0.2) is 0 Å². The van der Waals surface area contributed by atoms with Gasteiger partial charge < -0.3 is 10.6 Å². The van der Waals surface area contributed by atoms with Gasteiger partial charge in [-0.3, -0.25) is 4.79 Å². The van der Waals surface area contributed by atoms with E-state index in [0.717, 1.165) is 24.3 Å². The lowest BCUT2D eigenvalue weighted by Gasteiger charge is -2.14. The van der Waals surface area contributed by atoms with Crippen LogP contribution < -0.4 is 10.6 Å². The van der Waals surface area contributed by atoms with Crippen molar-refractivity contribution in [2.45, 2.75) is 6.18 Å². The van der Waals surface area contributed by atoms with Gasteiger partial charge in [0.1, 0.15) is 23.1 Å². The number of alkyl halides is 3. The van der Waals surface area contributed by atoms with Gasteiger partial charge in [0, 0.05) is 11.8 Å². The number of rotatable bonds is 4. The first-order valence-corrected chi connectivity index (χ1v) is 7.90. The lowest BCUT2D eigenvalue weighted by atomic mass is 10.1. The number of carbonyl (C=O) groups is 1. The van der Waals surface area contributed by atoms with Crippen molar-refractivity contribution in [2.24, 2.45) is 0 Å². The Kier molecular flexibility index (Phi) is 5.25. The summed E-state index contributed by atoms with van der Waals surface area (Å²) >= 11 is 0. The normalized spacial score (nSPS) is 11.2. The van der Waals surface area contributed by atoms with Crippen LogP contribution in [0.2, 0.25) is 0 Å². The molecule has 0 saturated heterocycles. The molecule has 0 atom stereocenters. The summed E-state index contributed by atoms with van der Waals surface area (Å²) in [7, 11) is 0. The van der Waals surface area contributed by atoms with E-state index in [0.29, 0.717) is 0 Å². The topological polar surface area (TPSA) is 54.0 Å². The standard InChI is InChI=1S/C19H12F5N3O/c20-13-5-3-6-14(21)17(13)27-18(28)11-8-9-25-16(10-11)26-15-7-2-1-4-12(15)19(22,23)24/h1-10H,(H,25,26)(H,27,28). The first-order chi connectivity index (χ1) is 13.3. The van der Waals surface area contributed by atoms with Crippen LogP contribution in [0.3, 0.4) is 0 Å². The number of halogens is 5. The van der Waals surface area contributed by atoms with E-state index in [4.69, 9.17) is 0 Å². The summed E-state index contributed by atoms with van der Waals surface area (Å²) in [5.74, 6) is -2.81. The number of nitrogens with zero attached hydrogens (tertiary/aromatic N) is 1. The third-order valence-corrected chi connectivity index (χ3v) is 3.72. The van der Waals surface area contributed by atoms with Crippen molar-refractivity contribution in [3.8, 4) is 0 Å². The number of anilines is 3. The van der Waals surface area contributed by atoms with Crippen molar-refractivity contribution in [3.63, 3.8) is 0 Å². The SMILES string of the molecule is O=C(Nc1c(F)cccc1F)c1ccnc(Nc2ccccc2C(F)(F)F)c1. The van der Waals surface area contributed by atoms with Gasteiger partial charge in [0.05, 0.1) is 11.3 Å². The molecular weight excluding hydrogens is 381 g/mol. The zero-order valence-electron chi connectivity index (χ0n) is 14.0. The molecule has 0 aliphatic heterocycles. The number of para-hydroxylation sites is 2. The first kappa shape index (κ1) is 19.3. The van der Waals surface area contributed by atoms with Gasteiger partial charge in [-0.05, 0) is 36.4 Å². The minimum Gasteiger partial charge on any atom is -0.340 e. The zero-order chi connectivity index (χ0) is 20.3. The molecule has 3 rings (SSSR count). The van der Waals surface area contributed by atoms with Crippen LogP contribution in [0.1, 0.15) is 15.9 Å². The third kappa shape index (κ3) is 4.25. The van der Waals surface area contributed by atoms with Crippen LogP contribution in [0.4, 0.5) is 39.1 Å². The van der Waals surface area contributed by atoms with Crippen LogP contribution in [0.25, 0.3) is 0 Å². The summed E-state index contributed by atoms with van der Waals surface area (Å²) in [5, 5.41) is 4.60. The van der Waals surface area contributed by atoms with E-state index in [9.17, 15) is 26.7 Å². The van der Waals surface area contributed by atoms with Gasteiger partial charge in [0.25, 0.3) is 5.91 Å². The lowest BCUT2D eigenvalue weighted by Crippen LogP contribution is -2.15. The minimum absolute atomic E-state index is 0.0432. The molecule has 28 heavy (non-hydrogen) atoms. The molecule has 4 nitrogen and oxygen atoms in total. The fourth-order valence-electron chi connectivity index (χ4n) is 2.42. The first-order valence-electron chi connectivity index (χ1n) is 7.90. The highest BCUT2D eigenvalue weighted by atomic mass is 19.4. The molecule has 0 aliphatic rings. The summed E-state index contributed by atoms with van der Waals surface area (Å²) in [6, 6.07) is 10.3. The molecule has 3 aromatic rings. The van der Waals surface area contributed by atoms with Crippen molar-refractivity contribution in [1.29, 1.82) is 0 Å². The average molecular weight is 393 g/mol. The number of benzene rings is 2. The predicted molar refractivity (Wildman–Crippen MR) is 93.3 cm³/mol. The molecular formula is C19H12F5N3O. The quantitative estimate of drug-likeness (QED) is 0.586. The maximum atomic E-state index is 13.7. The maximum Gasteiger partial charge on any atom is 0.418 e. The summed E-state index contributed by atoms with van der Waals surface area (Å²) in [5.41, 5.74) is -1.83. The van der Waals surface area contributed by atoms with Crippen molar-refractivity contribution in [2.75, 3.05) is 10.6 Å².